The van der Waals surface area contributed by atoms with Crippen LogP contribution in [0, 0.1) is 6.92 Å². The van der Waals surface area contributed by atoms with E-state index in [4.69, 9.17) is 14.2 Å². The first-order valence-corrected chi connectivity index (χ1v) is 9.31. The van der Waals surface area contributed by atoms with Gasteiger partial charge in [-0.3, -0.25) is 4.79 Å². The number of esters is 1. The van der Waals surface area contributed by atoms with Crippen LogP contribution in [0.3, 0.4) is 0 Å². The minimum atomic E-state index is -0.613. The fourth-order valence-corrected chi connectivity index (χ4v) is 2.65. The van der Waals surface area contributed by atoms with Crippen molar-refractivity contribution < 1.29 is 23.8 Å². The highest BCUT2D eigenvalue weighted by Gasteiger charge is 2.14. The van der Waals surface area contributed by atoms with Crippen molar-refractivity contribution in [2.24, 2.45) is 0 Å². The molecule has 0 bridgehead atoms. The summed E-state index contributed by atoms with van der Waals surface area (Å²) in [6, 6.07) is 12.8. The standard InChI is InChI=1S/C22H27NO5/c1-5-26-17-9-11-18(12-10-17)27-14-21(25)28-13-20(24)23-22-16(4)7-6-8-19(22)15(2)3/h6-12,15H,5,13-14H2,1-4H3,(H,23,24). The molecule has 0 atom stereocenters. The lowest BCUT2D eigenvalue weighted by molar-refractivity contribution is -0.149. The Balaban J connectivity index is 1.80. The predicted molar refractivity (Wildman–Crippen MR) is 108 cm³/mol. The molecule has 0 heterocycles. The average Bonchev–Trinajstić information content (AvgIpc) is 2.67. The second-order valence-electron chi connectivity index (χ2n) is 6.60. The summed E-state index contributed by atoms with van der Waals surface area (Å²) >= 11 is 0. The van der Waals surface area contributed by atoms with Gasteiger partial charge >= 0.3 is 5.97 Å². The molecule has 0 saturated heterocycles. The molecule has 28 heavy (non-hydrogen) atoms. The molecule has 0 aliphatic carbocycles. The third kappa shape index (κ3) is 6.30. The maximum Gasteiger partial charge on any atom is 0.344 e. The zero-order valence-corrected chi connectivity index (χ0v) is 16.8. The van der Waals surface area contributed by atoms with E-state index in [2.05, 4.69) is 19.2 Å². The predicted octanol–water partition coefficient (Wildman–Crippen LogP) is 4.08. The van der Waals surface area contributed by atoms with Crippen molar-refractivity contribution in [1.82, 2.24) is 0 Å². The number of nitrogens with one attached hydrogen (secondary N) is 1. The molecule has 0 aromatic heterocycles. The molecule has 2 aromatic rings. The lowest BCUT2D eigenvalue weighted by Crippen LogP contribution is -2.24. The summed E-state index contributed by atoms with van der Waals surface area (Å²) in [5, 5.41) is 2.84. The first kappa shape index (κ1) is 21.3. The van der Waals surface area contributed by atoms with Crippen molar-refractivity contribution in [3.63, 3.8) is 0 Å². The van der Waals surface area contributed by atoms with Gasteiger partial charge in [0.1, 0.15) is 11.5 Å². The summed E-state index contributed by atoms with van der Waals surface area (Å²) in [5.41, 5.74) is 2.77. The quantitative estimate of drug-likeness (QED) is 0.659. The number of hydrogen-bond donors (Lipinski definition) is 1. The number of amides is 1. The number of para-hydroxylation sites is 1. The van der Waals surface area contributed by atoms with E-state index in [1.807, 2.05) is 32.0 Å². The maximum absolute atomic E-state index is 12.2. The number of anilines is 1. The molecule has 0 fully saturated rings. The number of carbonyl (C=O) groups is 2. The van der Waals surface area contributed by atoms with E-state index in [-0.39, 0.29) is 25.0 Å². The van der Waals surface area contributed by atoms with Gasteiger partial charge < -0.3 is 19.5 Å². The molecule has 0 spiro atoms. The first-order chi connectivity index (χ1) is 13.4. The Labute approximate surface area is 165 Å². The van der Waals surface area contributed by atoms with E-state index in [0.29, 0.717) is 12.4 Å². The van der Waals surface area contributed by atoms with Crippen LogP contribution in [0.25, 0.3) is 0 Å². The fraction of sp³-hybridized carbons (Fsp3) is 0.364. The van der Waals surface area contributed by atoms with Crippen LogP contribution in [0.5, 0.6) is 11.5 Å². The van der Waals surface area contributed by atoms with Crippen LogP contribution in [0.2, 0.25) is 0 Å². The smallest absolute Gasteiger partial charge is 0.344 e. The van der Waals surface area contributed by atoms with Gasteiger partial charge in [-0.25, -0.2) is 4.79 Å². The van der Waals surface area contributed by atoms with Crippen LogP contribution >= 0.6 is 0 Å². The summed E-state index contributed by atoms with van der Waals surface area (Å²) in [5.74, 6) is 0.515. The average molecular weight is 385 g/mol. The Morgan fingerprint density at radius 3 is 2.21 bits per heavy atom. The van der Waals surface area contributed by atoms with Crippen LogP contribution in [0.1, 0.15) is 37.8 Å². The minimum Gasteiger partial charge on any atom is -0.494 e. The highest BCUT2D eigenvalue weighted by atomic mass is 16.6. The van der Waals surface area contributed by atoms with E-state index in [1.54, 1.807) is 24.3 Å². The van der Waals surface area contributed by atoms with Crippen molar-refractivity contribution in [2.45, 2.75) is 33.6 Å². The van der Waals surface area contributed by atoms with Gasteiger partial charge in [0.15, 0.2) is 13.2 Å². The largest absolute Gasteiger partial charge is 0.494 e. The summed E-state index contributed by atoms with van der Waals surface area (Å²) in [7, 11) is 0. The van der Waals surface area contributed by atoms with Crippen LogP contribution in [-0.4, -0.2) is 31.7 Å². The summed E-state index contributed by atoms with van der Waals surface area (Å²) in [6.45, 7) is 7.89. The van der Waals surface area contributed by atoms with E-state index < -0.39 is 5.97 Å². The number of benzene rings is 2. The van der Waals surface area contributed by atoms with Gasteiger partial charge in [0.05, 0.1) is 6.61 Å². The lowest BCUT2D eigenvalue weighted by Gasteiger charge is -2.16. The molecule has 1 amide bonds. The monoisotopic (exact) mass is 385 g/mol. The third-order valence-electron chi connectivity index (χ3n) is 4.05. The van der Waals surface area contributed by atoms with Gasteiger partial charge in [0.25, 0.3) is 5.91 Å². The number of rotatable bonds is 9. The van der Waals surface area contributed by atoms with Gasteiger partial charge in [0, 0.05) is 5.69 Å². The van der Waals surface area contributed by atoms with E-state index >= 15 is 0 Å². The second-order valence-corrected chi connectivity index (χ2v) is 6.60. The highest BCUT2D eigenvalue weighted by Crippen LogP contribution is 2.27. The molecule has 0 radical (unpaired) electrons. The Hall–Kier alpha value is -3.02. The van der Waals surface area contributed by atoms with E-state index in [1.165, 1.54) is 0 Å². The maximum atomic E-state index is 12.2. The minimum absolute atomic E-state index is 0.264. The molecule has 0 saturated carbocycles. The Morgan fingerprint density at radius 1 is 0.964 bits per heavy atom. The molecule has 0 aliphatic rings. The number of aryl methyl sites for hydroxylation is 1. The summed E-state index contributed by atoms with van der Waals surface area (Å²) in [4.78, 5) is 24.0. The Bertz CT molecular complexity index is 799. The molecular formula is C22H27NO5. The molecule has 6 nitrogen and oxygen atoms in total. The van der Waals surface area contributed by atoms with Crippen LogP contribution < -0.4 is 14.8 Å². The lowest BCUT2D eigenvalue weighted by atomic mass is 9.98. The van der Waals surface area contributed by atoms with Crippen molar-refractivity contribution in [1.29, 1.82) is 0 Å². The first-order valence-electron chi connectivity index (χ1n) is 9.31. The van der Waals surface area contributed by atoms with E-state index in [0.717, 1.165) is 22.6 Å². The highest BCUT2D eigenvalue weighted by molar-refractivity contribution is 5.94. The second kappa shape index (κ2) is 10.3. The molecule has 6 heteroatoms. The molecule has 0 aliphatic heterocycles. The third-order valence-corrected chi connectivity index (χ3v) is 4.05. The Kier molecular flexibility index (Phi) is 7.87. The summed E-state index contributed by atoms with van der Waals surface area (Å²) in [6.07, 6.45) is 0. The molecule has 2 aromatic carbocycles. The van der Waals surface area contributed by atoms with E-state index in [9.17, 15) is 9.59 Å². The SMILES string of the molecule is CCOc1ccc(OCC(=O)OCC(=O)Nc2c(C)cccc2C(C)C)cc1. The van der Waals surface area contributed by atoms with Crippen LogP contribution in [-0.2, 0) is 14.3 Å². The Morgan fingerprint density at radius 2 is 1.61 bits per heavy atom. The van der Waals surface area contributed by atoms with Gasteiger partial charge in [-0.15, -0.1) is 0 Å². The van der Waals surface area contributed by atoms with Gasteiger partial charge in [-0.05, 0) is 55.2 Å². The van der Waals surface area contributed by atoms with Crippen LogP contribution in [0.4, 0.5) is 5.69 Å². The number of carbonyl (C=O) groups excluding carboxylic acids is 2. The van der Waals surface area contributed by atoms with Crippen LogP contribution in [0.15, 0.2) is 42.5 Å². The molecule has 150 valence electrons. The zero-order chi connectivity index (χ0) is 20.5. The van der Waals surface area contributed by atoms with Gasteiger partial charge in [0.2, 0.25) is 0 Å². The van der Waals surface area contributed by atoms with Gasteiger partial charge in [-0.1, -0.05) is 32.0 Å². The van der Waals surface area contributed by atoms with Crippen molar-refractivity contribution in [3.8, 4) is 11.5 Å². The normalized spacial score (nSPS) is 10.5. The van der Waals surface area contributed by atoms with Crippen molar-refractivity contribution in [2.75, 3.05) is 25.1 Å². The van der Waals surface area contributed by atoms with Crippen molar-refractivity contribution >= 4 is 17.6 Å². The molecule has 2 rings (SSSR count). The van der Waals surface area contributed by atoms with Gasteiger partial charge in [-0.2, -0.15) is 0 Å². The fourth-order valence-electron chi connectivity index (χ4n) is 2.65. The van der Waals surface area contributed by atoms with Crippen molar-refractivity contribution in [3.05, 3.63) is 53.6 Å². The summed E-state index contributed by atoms with van der Waals surface area (Å²) < 4.78 is 15.7. The topological polar surface area (TPSA) is 73.9 Å². The molecule has 0 unspecified atom stereocenters. The number of hydrogen-bond acceptors (Lipinski definition) is 5. The number of ether oxygens (including phenoxy) is 3. The molecule has 1 N–H and O–H groups in total. The zero-order valence-electron chi connectivity index (χ0n) is 16.8. The molecular weight excluding hydrogens is 358 g/mol.